The number of hydrogen-bond donors (Lipinski definition) is 0. The molecule has 0 aliphatic rings. The fourth-order valence-electron chi connectivity index (χ4n) is 2.52. The summed E-state index contributed by atoms with van der Waals surface area (Å²) in [6.45, 7) is 8.42. The van der Waals surface area contributed by atoms with Crippen molar-refractivity contribution < 1.29 is 8.42 Å². The van der Waals surface area contributed by atoms with Gasteiger partial charge in [0.05, 0.1) is 17.9 Å². The molecule has 2 rings (SSSR count). The second-order valence-electron chi connectivity index (χ2n) is 5.57. The lowest BCUT2D eigenvalue weighted by Crippen LogP contribution is -2.27. The van der Waals surface area contributed by atoms with Crippen molar-refractivity contribution in [2.24, 2.45) is 0 Å². The van der Waals surface area contributed by atoms with Crippen molar-refractivity contribution in [1.82, 2.24) is 14.1 Å². The zero-order chi connectivity index (χ0) is 16.5. The maximum Gasteiger partial charge on any atom is 0.246 e. The minimum atomic E-state index is -3.48. The van der Waals surface area contributed by atoms with Gasteiger partial charge in [0, 0.05) is 13.6 Å². The lowest BCUT2D eigenvalue weighted by atomic mass is 10.1. The predicted octanol–water partition coefficient (Wildman–Crippen LogP) is 2.50. The van der Waals surface area contributed by atoms with Gasteiger partial charge in [-0.25, -0.2) is 12.7 Å². The fraction of sp³-hybridized carbons (Fsp3) is 0.438. The molecule has 5 nitrogen and oxygen atoms in total. The fourth-order valence-corrected chi connectivity index (χ4v) is 4.06. The van der Waals surface area contributed by atoms with Crippen molar-refractivity contribution in [2.45, 2.75) is 39.1 Å². The van der Waals surface area contributed by atoms with Crippen molar-refractivity contribution in [3.05, 3.63) is 46.8 Å². The van der Waals surface area contributed by atoms with Gasteiger partial charge >= 0.3 is 0 Å². The topological polar surface area (TPSA) is 55.2 Å². The van der Waals surface area contributed by atoms with Crippen LogP contribution in [0.5, 0.6) is 0 Å². The van der Waals surface area contributed by atoms with Gasteiger partial charge in [0.2, 0.25) is 10.0 Å². The second kappa shape index (κ2) is 6.22. The summed E-state index contributed by atoms with van der Waals surface area (Å²) in [5, 5.41) is 4.43. The van der Waals surface area contributed by atoms with Crippen molar-refractivity contribution in [1.29, 1.82) is 0 Å². The maximum atomic E-state index is 12.6. The molecule has 0 N–H and O–H groups in total. The molecular weight excluding hydrogens is 298 g/mol. The van der Waals surface area contributed by atoms with Crippen LogP contribution in [0, 0.1) is 20.8 Å². The first-order chi connectivity index (χ1) is 10.3. The first-order valence-corrected chi connectivity index (χ1v) is 8.77. The molecule has 0 amide bonds. The van der Waals surface area contributed by atoms with Gasteiger partial charge in [-0.2, -0.15) is 5.10 Å². The van der Waals surface area contributed by atoms with E-state index in [1.165, 1.54) is 9.87 Å². The van der Waals surface area contributed by atoms with E-state index in [2.05, 4.69) is 11.2 Å². The summed E-state index contributed by atoms with van der Waals surface area (Å²) in [5.74, 6) is 0. The summed E-state index contributed by atoms with van der Waals surface area (Å²) >= 11 is 0. The zero-order valence-corrected chi connectivity index (χ0v) is 14.6. The molecule has 0 unspecified atom stereocenters. The van der Waals surface area contributed by atoms with Crippen LogP contribution >= 0.6 is 0 Å². The smallest absolute Gasteiger partial charge is 0.246 e. The van der Waals surface area contributed by atoms with Gasteiger partial charge in [-0.05, 0) is 26.3 Å². The maximum absolute atomic E-state index is 12.6. The standard InChI is InChI=1S/C16H23N3O2S/c1-6-18(5)22(20,21)16-13(3)17-19(14(16)4)11-15-9-7-8-12(2)10-15/h7-10H,6,11H2,1-5H3. The van der Waals surface area contributed by atoms with Crippen molar-refractivity contribution in [3.63, 3.8) is 0 Å². The van der Waals surface area contributed by atoms with Gasteiger partial charge in [-0.3, -0.25) is 4.68 Å². The molecule has 0 spiro atoms. The lowest BCUT2D eigenvalue weighted by molar-refractivity contribution is 0.485. The molecule has 1 aromatic carbocycles. The van der Waals surface area contributed by atoms with E-state index in [-0.39, 0.29) is 0 Å². The molecule has 0 radical (unpaired) electrons. The molecule has 0 aliphatic carbocycles. The number of nitrogens with zero attached hydrogens (tertiary/aromatic N) is 3. The first-order valence-electron chi connectivity index (χ1n) is 7.33. The summed E-state index contributed by atoms with van der Waals surface area (Å²) in [7, 11) is -1.89. The van der Waals surface area contributed by atoms with Gasteiger partial charge in [-0.15, -0.1) is 0 Å². The predicted molar refractivity (Wildman–Crippen MR) is 87.5 cm³/mol. The van der Waals surface area contributed by atoms with E-state index in [4.69, 9.17) is 0 Å². The summed E-state index contributed by atoms with van der Waals surface area (Å²) in [6, 6.07) is 8.15. The number of hydrogen-bond acceptors (Lipinski definition) is 3. The molecular formula is C16H23N3O2S. The van der Waals surface area contributed by atoms with Crippen LogP contribution < -0.4 is 0 Å². The van der Waals surface area contributed by atoms with E-state index in [1.54, 1.807) is 18.7 Å². The Bertz CT molecular complexity index is 779. The average Bonchev–Trinajstić information content (AvgIpc) is 2.72. The van der Waals surface area contributed by atoms with Gasteiger partial charge in [0.15, 0.2) is 0 Å². The highest BCUT2D eigenvalue weighted by atomic mass is 32.2. The molecule has 0 atom stereocenters. The molecule has 2 aromatic rings. The van der Waals surface area contributed by atoms with Crippen LogP contribution in [0.25, 0.3) is 0 Å². The zero-order valence-electron chi connectivity index (χ0n) is 13.8. The highest BCUT2D eigenvalue weighted by Crippen LogP contribution is 2.23. The van der Waals surface area contributed by atoms with Crippen molar-refractivity contribution in [2.75, 3.05) is 13.6 Å². The molecule has 0 bridgehead atoms. The molecule has 22 heavy (non-hydrogen) atoms. The molecule has 0 aliphatic heterocycles. The Balaban J connectivity index is 2.44. The van der Waals surface area contributed by atoms with Gasteiger partial charge in [0.1, 0.15) is 4.90 Å². The summed E-state index contributed by atoms with van der Waals surface area (Å²) in [4.78, 5) is 0.324. The van der Waals surface area contributed by atoms with Crippen molar-refractivity contribution in [3.8, 4) is 0 Å². The van der Waals surface area contributed by atoms with E-state index in [9.17, 15) is 8.42 Å². The Morgan fingerprint density at radius 3 is 2.50 bits per heavy atom. The summed E-state index contributed by atoms with van der Waals surface area (Å²) in [6.07, 6.45) is 0. The molecule has 6 heteroatoms. The monoisotopic (exact) mass is 321 g/mol. The van der Waals surface area contributed by atoms with Crippen LogP contribution in [0.15, 0.2) is 29.2 Å². The molecule has 120 valence electrons. The largest absolute Gasteiger partial charge is 0.264 e. The number of aromatic nitrogens is 2. The number of benzene rings is 1. The van der Waals surface area contributed by atoms with E-state index in [0.29, 0.717) is 29.4 Å². The highest BCUT2D eigenvalue weighted by Gasteiger charge is 2.27. The molecule has 1 aromatic heterocycles. The van der Waals surface area contributed by atoms with Crippen LogP contribution in [-0.2, 0) is 16.6 Å². The van der Waals surface area contributed by atoms with Gasteiger partial charge < -0.3 is 0 Å². The van der Waals surface area contributed by atoms with Crippen LogP contribution in [0.1, 0.15) is 29.4 Å². The van der Waals surface area contributed by atoms with Crippen LogP contribution in [0.4, 0.5) is 0 Å². The normalized spacial score (nSPS) is 12.1. The molecule has 1 heterocycles. The van der Waals surface area contributed by atoms with Crippen LogP contribution in [0.3, 0.4) is 0 Å². The summed E-state index contributed by atoms with van der Waals surface area (Å²) in [5.41, 5.74) is 3.51. The number of sulfonamides is 1. The number of aryl methyl sites for hydroxylation is 2. The lowest BCUT2D eigenvalue weighted by Gasteiger charge is -2.15. The van der Waals surface area contributed by atoms with Gasteiger partial charge in [0.25, 0.3) is 0 Å². The highest BCUT2D eigenvalue weighted by molar-refractivity contribution is 7.89. The average molecular weight is 321 g/mol. The molecule has 0 saturated carbocycles. The second-order valence-corrected chi connectivity index (χ2v) is 7.55. The SMILES string of the molecule is CCN(C)S(=O)(=O)c1c(C)nn(Cc2cccc(C)c2)c1C. The van der Waals surface area contributed by atoms with Gasteiger partial charge in [-0.1, -0.05) is 36.8 Å². The number of rotatable bonds is 5. The molecule has 0 saturated heterocycles. The third-order valence-electron chi connectivity index (χ3n) is 3.84. The van der Waals surface area contributed by atoms with Crippen LogP contribution in [0.2, 0.25) is 0 Å². The Kier molecular flexibility index (Phi) is 4.72. The van der Waals surface area contributed by atoms with E-state index >= 15 is 0 Å². The summed E-state index contributed by atoms with van der Waals surface area (Å²) < 4.78 is 28.3. The first kappa shape index (κ1) is 16.7. The molecule has 0 fully saturated rings. The Hall–Kier alpha value is -1.66. The van der Waals surface area contributed by atoms with E-state index in [0.717, 1.165) is 5.56 Å². The van der Waals surface area contributed by atoms with Crippen molar-refractivity contribution >= 4 is 10.0 Å². The third kappa shape index (κ3) is 3.08. The quantitative estimate of drug-likeness (QED) is 0.850. The van der Waals surface area contributed by atoms with E-state index < -0.39 is 10.0 Å². The Labute approximate surface area is 132 Å². The minimum absolute atomic E-state index is 0.324. The Morgan fingerprint density at radius 1 is 1.23 bits per heavy atom. The Morgan fingerprint density at radius 2 is 1.91 bits per heavy atom. The van der Waals surface area contributed by atoms with E-state index in [1.807, 2.05) is 39.0 Å². The van der Waals surface area contributed by atoms with Crippen LogP contribution in [-0.4, -0.2) is 36.1 Å². The third-order valence-corrected chi connectivity index (χ3v) is 6.03. The minimum Gasteiger partial charge on any atom is -0.264 e.